The third kappa shape index (κ3) is 5.36. The SMILES string of the molecule is COc1cccc(C(=O)Nc2ccccc2C(=O)O[C@H](C)C(=O)c2ccc(C)cc2)c1. The number of anilines is 1. The van der Waals surface area contributed by atoms with Crippen LogP contribution in [0.15, 0.2) is 72.8 Å². The van der Waals surface area contributed by atoms with Crippen molar-refractivity contribution < 1.29 is 23.9 Å². The first kappa shape index (κ1) is 21.8. The van der Waals surface area contributed by atoms with Gasteiger partial charge in [0.2, 0.25) is 5.78 Å². The van der Waals surface area contributed by atoms with Gasteiger partial charge in [-0.1, -0.05) is 48.0 Å². The molecule has 0 radical (unpaired) electrons. The van der Waals surface area contributed by atoms with Gasteiger partial charge in [0.15, 0.2) is 6.10 Å². The maximum absolute atomic E-state index is 12.7. The van der Waals surface area contributed by atoms with Gasteiger partial charge in [-0.15, -0.1) is 0 Å². The second-order valence-corrected chi connectivity index (χ2v) is 7.01. The number of methoxy groups -OCH3 is 1. The summed E-state index contributed by atoms with van der Waals surface area (Å²) in [5.74, 6) is -0.854. The van der Waals surface area contributed by atoms with E-state index in [1.54, 1.807) is 54.6 Å². The minimum absolute atomic E-state index is 0.155. The zero-order valence-corrected chi connectivity index (χ0v) is 17.5. The Morgan fingerprint density at radius 2 is 1.58 bits per heavy atom. The smallest absolute Gasteiger partial charge is 0.340 e. The van der Waals surface area contributed by atoms with E-state index in [0.29, 0.717) is 16.9 Å². The Bertz CT molecular complexity index is 1100. The molecule has 0 aromatic heterocycles. The highest BCUT2D eigenvalue weighted by Crippen LogP contribution is 2.20. The lowest BCUT2D eigenvalue weighted by Gasteiger charge is -2.15. The van der Waals surface area contributed by atoms with Crippen molar-refractivity contribution in [3.05, 3.63) is 95.1 Å². The largest absolute Gasteiger partial charge is 0.497 e. The van der Waals surface area contributed by atoms with Crippen LogP contribution in [0.25, 0.3) is 0 Å². The number of ether oxygens (including phenoxy) is 2. The first-order valence-corrected chi connectivity index (χ1v) is 9.75. The number of hydrogen-bond acceptors (Lipinski definition) is 5. The van der Waals surface area contributed by atoms with Gasteiger partial charge >= 0.3 is 5.97 Å². The molecule has 0 aliphatic heterocycles. The number of hydrogen-bond donors (Lipinski definition) is 1. The minimum Gasteiger partial charge on any atom is -0.497 e. The number of carbonyl (C=O) groups excluding carboxylic acids is 3. The van der Waals surface area contributed by atoms with Gasteiger partial charge in [0.05, 0.1) is 18.4 Å². The summed E-state index contributed by atoms with van der Waals surface area (Å²) < 4.78 is 10.5. The van der Waals surface area contributed by atoms with E-state index in [4.69, 9.17) is 9.47 Å². The number of carbonyl (C=O) groups is 3. The number of esters is 1. The van der Waals surface area contributed by atoms with E-state index in [0.717, 1.165) is 5.56 Å². The minimum atomic E-state index is -0.975. The van der Waals surface area contributed by atoms with E-state index in [9.17, 15) is 14.4 Å². The number of rotatable bonds is 7. The van der Waals surface area contributed by atoms with E-state index in [-0.39, 0.29) is 17.0 Å². The van der Waals surface area contributed by atoms with Crippen LogP contribution in [0.3, 0.4) is 0 Å². The molecule has 0 aliphatic rings. The molecule has 3 rings (SSSR count). The van der Waals surface area contributed by atoms with Crippen LogP contribution in [-0.2, 0) is 4.74 Å². The second kappa shape index (κ2) is 9.71. The molecule has 1 atom stereocenters. The van der Waals surface area contributed by atoms with Crippen LogP contribution in [0.2, 0.25) is 0 Å². The molecule has 0 bridgehead atoms. The molecular formula is C25H23NO5. The molecule has 6 nitrogen and oxygen atoms in total. The third-order valence-corrected chi connectivity index (χ3v) is 4.72. The summed E-state index contributed by atoms with van der Waals surface area (Å²) in [6, 6.07) is 20.2. The Morgan fingerprint density at radius 3 is 2.29 bits per heavy atom. The number of ketones is 1. The quantitative estimate of drug-likeness (QED) is 0.446. The average molecular weight is 417 g/mol. The van der Waals surface area contributed by atoms with Gasteiger partial charge in [0, 0.05) is 11.1 Å². The fourth-order valence-corrected chi connectivity index (χ4v) is 2.96. The fraction of sp³-hybridized carbons (Fsp3) is 0.160. The maximum atomic E-state index is 12.7. The topological polar surface area (TPSA) is 81.7 Å². The van der Waals surface area contributed by atoms with Crippen molar-refractivity contribution in [1.82, 2.24) is 0 Å². The van der Waals surface area contributed by atoms with E-state index < -0.39 is 18.0 Å². The van der Waals surface area contributed by atoms with E-state index >= 15 is 0 Å². The molecule has 31 heavy (non-hydrogen) atoms. The lowest BCUT2D eigenvalue weighted by molar-refractivity contribution is 0.0320. The molecule has 3 aromatic carbocycles. The van der Waals surface area contributed by atoms with Crippen molar-refractivity contribution in [3.63, 3.8) is 0 Å². The Kier molecular flexibility index (Phi) is 6.82. The molecule has 0 unspecified atom stereocenters. The molecule has 0 spiro atoms. The van der Waals surface area contributed by atoms with E-state index in [2.05, 4.69) is 5.32 Å². The Labute approximate surface area is 180 Å². The zero-order chi connectivity index (χ0) is 22.4. The van der Waals surface area contributed by atoms with E-state index in [1.165, 1.54) is 20.1 Å². The van der Waals surface area contributed by atoms with Crippen LogP contribution in [0.5, 0.6) is 5.75 Å². The molecule has 6 heteroatoms. The predicted octanol–water partition coefficient (Wildman–Crippen LogP) is 4.68. The van der Waals surface area contributed by atoms with Gasteiger partial charge in [0.25, 0.3) is 5.91 Å². The number of benzene rings is 3. The molecule has 3 aromatic rings. The summed E-state index contributed by atoms with van der Waals surface area (Å²) in [6.07, 6.45) is -0.975. The van der Waals surface area contributed by atoms with Crippen LogP contribution in [0.4, 0.5) is 5.69 Å². The van der Waals surface area contributed by atoms with Crippen molar-refractivity contribution >= 4 is 23.3 Å². The molecule has 0 aliphatic carbocycles. The normalized spacial score (nSPS) is 11.3. The van der Waals surface area contributed by atoms with Gasteiger partial charge in [-0.2, -0.15) is 0 Å². The summed E-state index contributed by atoms with van der Waals surface area (Å²) in [5, 5.41) is 2.72. The number of aryl methyl sites for hydroxylation is 1. The lowest BCUT2D eigenvalue weighted by Crippen LogP contribution is -2.25. The van der Waals surface area contributed by atoms with Gasteiger partial charge in [-0.3, -0.25) is 9.59 Å². The number of nitrogens with one attached hydrogen (secondary N) is 1. The summed E-state index contributed by atoms with van der Waals surface area (Å²) in [4.78, 5) is 37.9. The van der Waals surface area contributed by atoms with Gasteiger partial charge in [0.1, 0.15) is 5.75 Å². The van der Waals surface area contributed by atoms with Crippen molar-refractivity contribution in [1.29, 1.82) is 0 Å². The number of para-hydroxylation sites is 1. The van der Waals surface area contributed by atoms with Gasteiger partial charge in [-0.05, 0) is 44.2 Å². The molecule has 0 heterocycles. The number of amides is 1. The first-order valence-electron chi connectivity index (χ1n) is 9.75. The Hall–Kier alpha value is -3.93. The van der Waals surface area contributed by atoms with Crippen molar-refractivity contribution in [2.75, 3.05) is 12.4 Å². The standard InChI is InChI=1S/C25H23NO5/c1-16-11-13-18(14-12-16)23(27)17(2)31-25(29)21-9-4-5-10-22(21)26-24(28)19-7-6-8-20(15-19)30-3/h4-15,17H,1-3H3,(H,26,28)/t17-/m1/s1. The zero-order valence-electron chi connectivity index (χ0n) is 17.5. The molecule has 0 saturated heterocycles. The van der Waals surface area contributed by atoms with E-state index in [1.807, 2.05) is 19.1 Å². The molecular weight excluding hydrogens is 394 g/mol. The van der Waals surface area contributed by atoms with Crippen LogP contribution in [0.1, 0.15) is 43.6 Å². The highest BCUT2D eigenvalue weighted by molar-refractivity contribution is 6.08. The molecule has 1 amide bonds. The first-order chi connectivity index (χ1) is 14.9. The second-order valence-electron chi connectivity index (χ2n) is 7.01. The van der Waals surface area contributed by atoms with Crippen molar-refractivity contribution in [2.24, 2.45) is 0 Å². The summed E-state index contributed by atoms with van der Waals surface area (Å²) in [7, 11) is 1.52. The van der Waals surface area contributed by atoms with Gasteiger partial charge in [-0.25, -0.2) is 4.79 Å². The Morgan fingerprint density at radius 1 is 0.871 bits per heavy atom. The highest BCUT2D eigenvalue weighted by atomic mass is 16.5. The third-order valence-electron chi connectivity index (χ3n) is 4.72. The lowest BCUT2D eigenvalue weighted by atomic mass is 10.1. The molecule has 1 N–H and O–H groups in total. The average Bonchev–Trinajstić information content (AvgIpc) is 2.79. The van der Waals surface area contributed by atoms with Crippen molar-refractivity contribution in [3.8, 4) is 5.75 Å². The van der Waals surface area contributed by atoms with Gasteiger partial charge < -0.3 is 14.8 Å². The Balaban J connectivity index is 1.74. The van der Waals surface area contributed by atoms with Crippen LogP contribution in [-0.4, -0.2) is 30.9 Å². The summed E-state index contributed by atoms with van der Waals surface area (Å²) >= 11 is 0. The van der Waals surface area contributed by atoms with Crippen molar-refractivity contribution in [2.45, 2.75) is 20.0 Å². The summed E-state index contributed by atoms with van der Waals surface area (Å²) in [5.41, 5.74) is 2.32. The predicted molar refractivity (Wildman–Crippen MR) is 118 cm³/mol. The molecule has 0 saturated carbocycles. The van der Waals surface area contributed by atoms with Crippen LogP contribution in [0, 0.1) is 6.92 Å². The fourth-order valence-electron chi connectivity index (χ4n) is 2.96. The molecule has 0 fully saturated rings. The molecule has 158 valence electrons. The monoisotopic (exact) mass is 417 g/mol. The highest BCUT2D eigenvalue weighted by Gasteiger charge is 2.22. The summed E-state index contributed by atoms with van der Waals surface area (Å²) in [6.45, 7) is 3.45. The van der Waals surface area contributed by atoms with Crippen LogP contribution >= 0.6 is 0 Å². The number of Topliss-reactive ketones (excluding diaryl/α,β-unsaturated/α-hetero) is 1. The maximum Gasteiger partial charge on any atom is 0.340 e. The van der Waals surface area contributed by atoms with Crippen LogP contribution < -0.4 is 10.1 Å².